The van der Waals surface area contributed by atoms with Gasteiger partial charge >= 0.3 is 0 Å². The van der Waals surface area contributed by atoms with Crippen molar-refractivity contribution in [3.63, 3.8) is 0 Å². The highest BCUT2D eigenvalue weighted by atomic mass is 16.5. The molecule has 0 aromatic rings. The molecule has 1 amide bonds. The number of rotatable bonds is 11. The highest BCUT2D eigenvalue weighted by Gasteiger charge is 2.05. The van der Waals surface area contributed by atoms with Crippen LogP contribution in [-0.2, 0) is 14.3 Å². The van der Waals surface area contributed by atoms with Crippen LogP contribution in [0.15, 0.2) is 0 Å². The van der Waals surface area contributed by atoms with Gasteiger partial charge in [0.25, 0.3) is 0 Å². The standard InChI is InChI=1S/C12H26N2O4/c1-4-14-12(16)8-13-7-11(15)9-17-5-6-18-10(2)3/h10-11,13,15H,4-9H2,1-3H3,(H,14,16). The van der Waals surface area contributed by atoms with Gasteiger partial charge in [0.05, 0.1) is 38.6 Å². The molecular formula is C12H26N2O4. The van der Waals surface area contributed by atoms with E-state index in [4.69, 9.17) is 9.47 Å². The third kappa shape index (κ3) is 11.8. The molecule has 0 aliphatic carbocycles. The summed E-state index contributed by atoms with van der Waals surface area (Å²) in [7, 11) is 0. The molecule has 0 rings (SSSR count). The van der Waals surface area contributed by atoms with E-state index in [0.29, 0.717) is 26.3 Å². The smallest absolute Gasteiger partial charge is 0.233 e. The van der Waals surface area contributed by atoms with Gasteiger partial charge in [0.1, 0.15) is 0 Å². The fourth-order valence-electron chi connectivity index (χ4n) is 1.23. The number of amides is 1. The number of carbonyl (C=O) groups excluding carboxylic acids is 1. The maximum Gasteiger partial charge on any atom is 0.233 e. The Morgan fingerprint density at radius 3 is 2.67 bits per heavy atom. The summed E-state index contributed by atoms with van der Waals surface area (Å²) < 4.78 is 10.5. The quantitative estimate of drug-likeness (QED) is 0.438. The van der Waals surface area contributed by atoms with Crippen LogP contribution in [0.3, 0.4) is 0 Å². The molecule has 0 aromatic heterocycles. The predicted octanol–water partition coefficient (Wildman–Crippen LogP) is -0.485. The molecule has 0 heterocycles. The lowest BCUT2D eigenvalue weighted by Gasteiger charge is -2.13. The number of ether oxygens (including phenoxy) is 2. The minimum atomic E-state index is -0.613. The summed E-state index contributed by atoms with van der Waals surface area (Å²) in [5.41, 5.74) is 0. The first-order valence-corrected chi connectivity index (χ1v) is 6.41. The van der Waals surface area contributed by atoms with E-state index in [2.05, 4.69) is 10.6 Å². The fraction of sp³-hybridized carbons (Fsp3) is 0.917. The molecule has 0 bridgehead atoms. The van der Waals surface area contributed by atoms with Crippen LogP contribution in [0.25, 0.3) is 0 Å². The monoisotopic (exact) mass is 262 g/mol. The zero-order valence-electron chi connectivity index (χ0n) is 11.6. The van der Waals surface area contributed by atoms with Crippen molar-refractivity contribution in [2.75, 3.05) is 39.5 Å². The van der Waals surface area contributed by atoms with Crippen LogP contribution in [-0.4, -0.2) is 62.7 Å². The Morgan fingerprint density at radius 2 is 2.06 bits per heavy atom. The number of hydrogen-bond acceptors (Lipinski definition) is 5. The Labute approximate surface area is 109 Å². The van der Waals surface area contributed by atoms with Crippen LogP contribution >= 0.6 is 0 Å². The number of likely N-dealkylation sites (N-methyl/N-ethyl adjacent to an activating group) is 1. The highest BCUT2D eigenvalue weighted by Crippen LogP contribution is 1.89. The summed E-state index contributed by atoms with van der Waals surface area (Å²) >= 11 is 0. The second kappa shape index (κ2) is 11.4. The Balaban J connectivity index is 3.32. The van der Waals surface area contributed by atoms with Crippen LogP contribution in [0, 0.1) is 0 Å². The number of nitrogens with one attached hydrogen (secondary N) is 2. The van der Waals surface area contributed by atoms with E-state index in [9.17, 15) is 9.90 Å². The Hall–Kier alpha value is -0.690. The third-order valence-corrected chi connectivity index (χ3v) is 2.03. The molecule has 0 radical (unpaired) electrons. The zero-order valence-corrected chi connectivity index (χ0v) is 11.6. The van der Waals surface area contributed by atoms with Crippen molar-refractivity contribution in [1.29, 1.82) is 0 Å². The molecule has 1 atom stereocenters. The van der Waals surface area contributed by atoms with Crippen LogP contribution in [0.2, 0.25) is 0 Å². The normalized spacial score (nSPS) is 12.7. The predicted molar refractivity (Wildman–Crippen MR) is 69.5 cm³/mol. The molecule has 6 heteroatoms. The lowest BCUT2D eigenvalue weighted by Crippen LogP contribution is -2.38. The summed E-state index contributed by atoms with van der Waals surface area (Å²) in [6.45, 7) is 8.16. The maximum absolute atomic E-state index is 11.1. The van der Waals surface area contributed by atoms with Gasteiger partial charge in [0.15, 0.2) is 0 Å². The van der Waals surface area contributed by atoms with Crippen LogP contribution in [0.4, 0.5) is 0 Å². The van der Waals surface area contributed by atoms with E-state index in [1.54, 1.807) is 0 Å². The topological polar surface area (TPSA) is 79.8 Å². The number of aliphatic hydroxyl groups excluding tert-OH is 1. The van der Waals surface area contributed by atoms with E-state index in [1.165, 1.54) is 0 Å². The van der Waals surface area contributed by atoms with E-state index < -0.39 is 6.10 Å². The second-order valence-electron chi connectivity index (χ2n) is 4.23. The van der Waals surface area contributed by atoms with E-state index in [1.807, 2.05) is 20.8 Å². The highest BCUT2D eigenvalue weighted by molar-refractivity contribution is 5.77. The summed E-state index contributed by atoms with van der Waals surface area (Å²) in [5.74, 6) is -0.0732. The first-order valence-electron chi connectivity index (χ1n) is 6.41. The van der Waals surface area contributed by atoms with Gasteiger partial charge in [-0.2, -0.15) is 0 Å². The minimum Gasteiger partial charge on any atom is -0.389 e. The lowest BCUT2D eigenvalue weighted by atomic mass is 10.3. The second-order valence-corrected chi connectivity index (χ2v) is 4.23. The molecule has 108 valence electrons. The Morgan fingerprint density at radius 1 is 1.33 bits per heavy atom. The van der Waals surface area contributed by atoms with Crippen molar-refractivity contribution in [2.24, 2.45) is 0 Å². The van der Waals surface area contributed by atoms with Crippen molar-refractivity contribution in [1.82, 2.24) is 10.6 Å². The summed E-state index contributed by atoms with van der Waals surface area (Å²) in [4.78, 5) is 11.1. The average Bonchev–Trinajstić information content (AvgIpc) is 2.28. The van der Waals surface area contributed by atoms with Gasteiger partial charge in [0, 0.05) is 13.1 Å². The maximum atomic E-state index is 11.1. The van der Waals surface area contributed by atoms with Crippen LogP contribution in [0.1, 0.15) is 20.8 Å². The molecule has 1 unspecified atom stereocenters. The number of hydrogen-bond donors (Lipinski definition) is 3. The summed E-state index contributed by atoms with van der Waals surface area (Å²) in [6, 6.07) is 0. The Bertz CT molecular complexity index is 212. The summed E-state index contributed by atoms with van der Waals surface area (Å²) in [6.07, 6.45) is -0.421. The molecule has 0 aliphatic rings. The molecule has 0 spiro atoms. The van der Waals surface area contributed by atoms with Gasteiger partial charge in [-0.15, -0.1) is 0 Å². The lowest BCUT2D eigenvalue weighted by molar-refractivity contribution is -0.120. The van der Waals surface area contributed by atoms with Gasteiger partial charge in [0.2, 0.25) is 5.91 Å². The molecule has 0 aromatic carbocycles. The molecule has 18 heavy (non-hydrogen) atoms. The van der Waals surface area contributed by atoms with Crippen molar-refractivity contribution < 1.29 is 19.4 Å². The van der Waals surface area contributed by atoms with Gasteiger partial charge in [-0.3, -0.25) is 4.79 Å². The number of aliphatic hydroxyl groups is 1. The van der Waals surface area contributed by atoms with E-state index in [-0.39, 0.29) is 25.2 Å². The van der Waals surface area contributed by atoms with Gasteiger partial charge in [-0.1, -0.05) is 0 Å². The summed E-state index contributed by atoms with van der Waals surface area (Å²) in [5, 5.41) is 15.1. The zero-order chi connectivity index (χ0) is 13.8. The van der Waals surface area contributed by atoms with Crippen molar-refractivity contribution in [3.8, 4) is 0 Å². The largest absolute Gasteiger partial charge is 0.389 e. The SMILES string of the molecule is CCNC(=O)CNCC(O)COCCOC(C)C. The van der Waals surface area contributed by atoms with Crippen LogP contribution in [0.5, 0.6) is 0 Å². The van der Waals surface area contributed by atoms with Crippen molar-refractivity contribution in [2.45, 2.75) is 33.0 Å². The Kier molecular flexibility index (Phi) is 11.0. The van der Waals surface area contributed by atoms with Gasteiger partial charge in [-0.25, -0.2) is 0 Å². The van der Waals surface area contributed by atoms with E-state index in [0.717, 1.165) is 0 Å². The van der Waals surface area contributed by atoms with Gasteiger partial charge < -0.3 is 25.2 Å². The number of carbonyl (C=O) groups is 1. The average molecular weight is 262 g/mol. The molecule has 3 N–H and O–H groups in total. The fourth-order valence-corrected chi connectivity index (χ4v) is 1.23. The van der Waals surface area contributed by atoms with E-state index >= 15 is 0 Å². The molecule has 6 nitrogen and oxygen atoms in total. The third-order valence-electron chi connectivity index (χ3n) is 2.03. The van der Waals surface area contributed by atoms with Crippen molar-refractivity contribution >= 4 is 5.91 Å². The molecule has 0 fully saturated rings. The first-order chi connectivity index (χ1) is 8.56. The van der Waals surface area contributed by atoms with Gasteiger partial charge in [-0.05, 0) is 20.8 Å². The molecular weight excluding hydrogens is 236 g/mol. The van der Waals surface area contributed by atoms with Crippen LogP contribution < -0.4 is 10.6 Å². The minimum absolute atomic E-state index is 0.0732. The molecule has 0 saturated heterocycles. The molecule has 0 saturated carbocycles. The first kappa shape index (κ1) is 17.3. The van der Waals surface area contributed by atoms with Crippen molar-refractivity contribution in [3.05, 3.63) is 0 Å². The molecule has 0 aliphatic heterocycles.